The van der Waals surface area contributed by atoms with Gasteiger partial charge in [0.15, 0.2) is 0 Å². The molecule has 7 heteroatoms. The molecule has 0 bridgehead atoms. The molecule has 25 heavy (non-hydrogen) atoms. The SMILES string of the molecule is Cc1cc(NC(C)c2cn(-c3ccc(C(=O)O)cc3)nn2)ccc1F. The molecule has 0 saturated carbocycles. The van der Waals surface area contributed by atoms with Crippen LogP contribution in [0.5, 0.6) is 0 Å². The first-order chi connectivity index (χ1) is 11.9. The molecule has 2 aromatic carbocycles. The van der Waals surface area contributed by atoms with E-state index in [2.05, 4.69) is 15.6 Å². The van der Waals surface area contributed by atoms with Crippen molar-refractivity contribution in [2.45, 2.75) is 19.9 Å². The largest absolute Gasteiger partial charge is 0.478 e. The quantitative estimate of drug-likeness (QED) is 0.742. The number of aromatic nitrogens is 3. The summed E-state index contributed by atoms with van der Waals surface area (Å²) in [6.45, 7) is 3.64. The average Bonchev–Trinajstić information content (AvgIpc) is 3.08. The van der Waals surface area contributed by atoms with Crippen LogP contribution in [-0.2, 0) is 0 Å². The third-order valence-corrected chi connectivity index (χ3v) is 3.87. The minimum Gasteiger partial charge on any atom is -0.478 e. The summed E-state index contributed by atoms with van der Waals surface area (Å²) < 4.78 is 14.9. The van der Waals surface area contributed by atoms with Crippen molar-refractivity contribution in [2.75, 3.05) is 5.32 Å². The van der Waals surface area contributed by atoms with Crippen LogP contribution in [0.1, 0.15) is 34.6 Å². The minimum atomic E-state index is -0.974. The van der Waals surface area contributed by atoms with E-state index in [4.69, 9.17) is 5.11 Å². The number of rotatable bonds is 5. The van der Waals surface area contributed by atoms with Crippen LogP contribution < -0.4 is 5.32 Å². The number of aryl methyl sites for hydroxylation is 1. The number of hydrogen-bond donors (Lipinski definition) is 2. The summed E-state index contributed by atoms with van der Waals surface area (Å²) in [5.41, 5.74) is 3.01. The molecule has 3 rings (SSSR count). The van der Waals surface area contributed by atoms with Crippen LogP contribution >= 0.6 is 0 Å². The summed E-state index contributed by atoms with van der Waals surface area (Å²) in [5.74, 6) is -1.22. The van der Waals surface area contributed by atoms with Gasteiger partial charge in [-0.25, -0.2) is 13.9 Å². The summed E-state index contributed by atoms with van der Waals surface area (Å²) in [5, 5.41) is 20.4. The molecule has 1 heterocycles. The summed E-state index contributed by atoms with van der Waals surface area (Å²) in [7, 11) is 0. The highest BCUT2D eigenvalue weighted by atomic mass is 19.1. The predicted molar refractivity (Wildman–Crippen MR) is 91.5 cm³/mol. The van der Waals surface area contributed by atoms with Gasteiger partial charge in [0.1, 0.15) is 11.5 Å². The Kier molecular flexibility index (Phi) is 4.47. The van der Waals surface area contributed by atoms with Crippen LogP contribution in [0.4, 0.5) is 10.1 Å². The minimum absolute atomic E-state index is 0.128. The lowest BCUT2D eigenvalue weighted by molar-refractivity contribution is 0.0697. The normalized spacial score (nSPS) is 12.0. The molecule has 0 aliphatic heterocycles. The van der Waals surface area contributed by atoms with Gasteiger partial charge in [0, 0.05) is 5.69 Å². The van der Waals surface area contributed by atoms with Gasteiger partial charge in [-0.3, -0.25) is 0 Å². The molecule has 1 atom stereocenters. The van der Waals surface area contributed by atoms with E-state index in [1.165, 1.54) is 18.2 Å². The number of hydrogen-bond acceptors (Lipinski definition) is 4. The predicted octanol–water partition coefficient (Wildman–Crippen LogP) is 3.59. The summed E-state index contributed by atoms with van der Waals surface area (Å²) in [4.78, 5) is 10.9. The zero-order valence-electron chi connectivity index (χ0n) is 13.8. The number of nitrogens with zero attached hydrogens (tertiary/aromatic N) is 3. The number of benzene rings is 2. The second kappa shape index (κ2) is 6.72. The molecular formula is C18H17FN4O2. The van der Waals surface area contributed by atoms with Gasteiger partial charge in [0.2, 0.25) is 0 Å². The molecule has 0 spiro atoms. The van der Waals surface area contributed by atoms with Crippen molar-refractivity contribution < 1.29 is 14.3 Å². The number of carboxylic acid groups (broad SMARTS) is 1. The Hall–Kier alpha value is -3.22. The highest BCUT2D eigenvalue weighted by Crippen LogP contribution is 2.20. The molecule has 0 aliphatic carbocycles. The van der Waals surface area contributed by atoms with Crippen molar-refractivity contribution >= 4 is 11.7 Å². The van der Waals surface area contributed by atoms with Crippen LogP contribution in [0.3, 0.4) is 0 Å². The second-order valence-corrected chi connectivity index (χ2v) is 5.77. The van der Waals surface area contributed by atoms with Crippen molar-refractivity contribution in [1.82, 2.24) is 15.0 Å². The lowest BCUT2D eigenvalue weighted by Gasteiger charge is -2.13. The van der Waals surface area contributed by atoms with Crippen molar-refractivity contribution in [3.05, 3.63) is 71.3 Å². The lowest BCUT2D eigenvalue weighted by Crippen LogP contribution is -2.07. The number of anilines is 1. The molecule has 128 valence electrons. The van der Waals surface area contributed by atoms with E-state index in [9.17, 15) is 9.18 Å². The fraction of sp³-hybridized carbons (Fsp3) is 0.167. The van der Waals surface area contributed by atoms with Crippen LogP contribution in [0, 0.1) is 12.7 Å². The first kappa shape index (κ1) is 16.6. The molecule has 1 aromatic heterocycles. The number of nitrogens with one attached hydrogen (secondary N) is 1. The standard InChI is InChI=1S/C18H17FN4O2/c1-11-9-14(5-8-16(11)19)20-12(2)17-10-23(22-21-17)15-6-3-13(4-7-15)18(24)25/h3-10,12,20H,1-2H3,(H,24,25). The monoisotopic (exact) mass is 340 g/mol. The van der Waals surface area contributed by atoms with E-state index < -0.39 is 5.97 Å². The highest BCUT2D eigenvalue weighted by Gasteiger charge is 2.12. The smallest absolute Gasteiger partial charge is 0.335 e. The number of aromatic carboxylic acids is 1. The van der Waals surface area contributed by atoms with E-state index in [-0.39, 0.29) is 17.4 Å². The third kappa shape index (κ3) is 3.65. The Morgan fingerprint density at radius 2 is 1.96 bits per heavy atom. The van der Waals surface area contributed by atoms with Crippen LogP contribution in [0.25, 0.3) is 5.69 Å². The zero-order chi connectivity index (χ0) is 18.0. The van der Waals surface area contributed by atoms with Gasteiger partial charge in [0.05, 0.1) is 23.5 Å². The van der Waals surface area contributed by atoms with Gasteiger partial charge >= 0.3 is 5.97 Å². The fourth-order valence-electron chi connectivity index (χ4n) is 2.42. The second-order valence-electron chi connectivity index (χ2n) is 5.77. The van der Waals surface area contributed by atoms with Gasteiger partial charge in [-0.15, -0.1) is 5.10 Å². The maximum atomic E-state index is 13.3. The number of carbonyl (C=O) groups is 1. The Bertz CT molecular complexity index is 906. The molecule has 6 nitrogen and oxygen atoms in total. The lowest BCUT2D eigenvalue weighted by atomic mass is 10.2. The summed E-state index contributed by atoms with van der Waals surface area (Å²) >= 11 is 0. The molecule has 1 unspecified atom stereocenters. The average molecular weight is 340 g/mol. The zero-order valence-corrected chi connectivity index (χ0v) is 13.8. The summed E-state index contributed by atoms with van der Waals surface area (Å²) in [6, 6.07) is 11.1. The van der Waals surface area contributed by atoms with Crippen LogP contribution in [0.2, 0.25) is 0 Å². The molecule has 0 aliphatic rings. The third-order valence-electron chi connectivity index (χ3n) is 3.87. The van der Waals surface area contributed by atoms with Crippen molar-refractivity contribution in [1.29, 1.82) is 0 Å². The molecule has 0 fully saturated rings. The Morgan fingerprint density at radius 3 is 2.60 bits per heavy atom. The van der Waals surface area contributed by atoms with Crippen molar-refractivity contribution in [3.63, 3.8) is 0 Å². The van der Waals surface area contributed by atoms with Crippen LogP contribution in [-0.4, -0.2) is 26.1 Å². The molecule has 0 saturated heterocycles. The Balaban J connectivity index is 1.75. The first-order valence-electron chi connectivity index (χ1n) is 7.72. The first-order valence-corrected chi connectivity index (χ1v) is 7.72. The van der Waals surface area contributed by atoms with Crippen LogP contribution in [0.15, 0.2) is 48.7 Å². The maximum absolute atomic E-state index is 13.3. The van der Waals surface area contributed by atoms with Gasteiger partial charge in [-0.2, -0.15) is 0 Å². The van der Waals surface area contributed by atoms with Crippen molar-refractivity contribution in [3.8, 4) is 5.69 Å². The van der Waals surface area contributed by atoms with Gasteiger partial charge in [-0.1, -0.05) is 5.21 Å². The van der Waals surface area contributed by atoms with Gasteiger partial charge in [-0.05, 0) is 61.9 Å². The van der Waals surface area contributed by atoms with E-state index >= 15 is 0 Å². The van der Waals surface area contributed by atoms with E-state index in [0.29, 0.717) is 16.9 Å². The topological polar surface area (TPSA) is 80.0 Å². The highest BCUT2D eigenvalue weighted by molar-refractivity contribution is 5.87. The Labute approximate surface area is 143 Å². The Morgan fingerprint density at radius 1 is 1.24 bits per heavy atom. The molecule has 3 aromatic rings. The van der Waals surface area contributed by atoms with E-state index in [0.717, 1.165) is 5.69 Å². The molecule has 0 radical (unpaired) electrons. The van der Waals surface area contributed by atoms with Gasteiger partial charge < -0.3 is 10.4 Å². The molecular weight excluding hydrogens is 323 g/mol. The molecule has 0 amide bonds. The van der Waals surface area contributed by atoms with E-state index in [1.807, 2.05) is 6.92 Å². The fourth-order valence-corrected chi connectivity index (χ4v) is 2.42. The maximum Gasteiger partial charge on any atom is 0.335 e. The van der Waals surface area contributed by atoms with E-state index in [1.54, 1.807) is 42.1 Å². The van der Waals surface area contributed by atoms with Gasteiger partial charge in [0.25, 0.3) is 0 Å². The number of halogens is 1. The summed E-state index contributed by atoms with van der Waals surface area (Å²) in [6.07, 6.45) is 1.77. The molecule has 2 N–H and O–H groups in total. The number of carboxylic acids is 1. The van der Waals surface area contributed by atoms with Crippen molar-refractivity contribution in [2.24, 2.45) is 0 Å².